The molecule has 4 nitrogen and oxygen atoms in total. The molecule has 0 aliphatic heterocycles. The highest BCUT2D eigenvalue weighted by Crippen LogP contribution is 1.96. The van der Waals surface area contributed by atoms with E-state index in [0.29, 0.717) is 5.82 Å². The van der Waals surface area contributed by atoms with E-state index in [0.717, 1.165) is 0 Å². The van der Waals surface area contributed by atoms with Gasteiger partial charge < -0.3 is 0 Å². The van der Waals surface area contributed by atoms with Crippen LogP contribution in [0.4, 0.5) is 0 Å². The second kappa shape index (κ2) is 2.49. The van der Waals surface area contributed by atoms with Crippen molar-refractivity contribution in [2.24, 2.45) is 0 Å². The van der Waals surface area contributed by atoms with Crippen molar-refractivity contribution in [3.8, 4) is 5.82 Å². The molecule has 0 saturated heterocycles. The van der Waals surface area contributed by atoms with Gasteiger partial charge in [0.2, 0.25) is 0 Å². The highest BCUT2D eigenvalue weighted by Gasteiger charge is 1.93. The number of hydrogen-bond donors (Lipinski definition) is 0. The topological polar surface area (TPSA) is 43.6 Å². The van der Waals surface area contributed by atoms with Crippen LogP contribution in [0.25, 0.3) is 5.82 Å². The summed E-state index contributed by atoms with van der Waals surface area (Å²) in [5, 5.41) is 3.95. The van der Waals surface area contributed by atoms with Gasteiger partial charge in [-0.15, -0.1) is 0 Å². The van der Waals surface area contributed by atoms with Crippen LogP contribution < -0.4 is 0 Å². The third kappa shape index (κ3) is 1.10. The van der Waals surface area contributed by atoms with Crippen molar-refractivity contribution in [1.82, 2.24) is 19.7 Å². The standard InChI is InChI=1S/C7H5N4/c1-2-10-11(5-1)7-6-8-3-4-9-7/h2-6H. The summed E-state index contributed by atoms with van der Waals surface area (Å²) in [7, 11) is 0. The number of rotatable bonds is 1. The first kappa shape index (κ1) is 6.03. The van der Waals surface area contributed by atoms with Crippen molar-refractivity contribution in [3.63, 3.8) is 0 Å². The third-order valence-corrected chi connectivity index (χ3v) is 1.24. The molecule has 0 amide bonds. The average molecular weight is 145 g/mol. The summed E-state index contributed by atoms with van der Waals surface area (Å²) < 4.78 is 1.60. The molecule has 2 aromatic rings. The molecule has 0 unspecified atom stereocenters. The second-order valence-electron chi connectivity index (χ2n) is 1.95. The Morgan fingerprint density at radius 3 is 3.00 bits per heavy atom. The molecule has 0 atom stereocenters. The molecule has 1 radical (unpaired) electrons. The summed E-state index contributed by atoms with van der Waals surface area (Å²) in [6, 6.07) is 2.81. The molecule has 0 saturated carbocycles. The second-order valence-corrected chi connectivity index (χ2v) is 1.95. The highest BCUT2D eigenvalue weighted by molar-refractivity contribution is 5.14. The molecule has 0 bridgehead atoms. The molecule has 2 aromatic heterocycles. The van der Waals surface area contributed by atoms with Crippen LogP contribution in [0, 0.1) is 6.07 Å². The van der Waals surface area contributed by atoms with Gasteiger partial charge in [0.25, 0.3) is 0 Å². The molecular weight excluding hydrogens is 140 g/mol. The van der Waals surface area contributed by atoms with E-state index in [-0.39, 0.29) is 0 Å². The van der Waals surface area contributed by atoms with Crippen LogP contribution in [-0.4, -0.2) is 19.7 Å². The van der Waals surface area contributed by atoms with Gasteiger partial charge in [-0.25, -0.2) is 9.67 Å². The predicted octanol–water partition coefficient (Wildman–Crippen LogP) is 0.462. The minimum Gasteiger partial charge on any atom is -0.259 e. The van der Waals surface area contributed by atoms with Crippen LogP contribution >= 0.6 is 0 Å². The van der Waals surface area contributed by atoms with Gasteiger partial charge in [0, 0.05) is 24.7 Å². The quantitative estimate of drug-likeness (QED) is 0.585. The van der Waals surface area contributed by atoms with Crippen LogP contribution in [0.15, 0.2) is 31.0 Å². The Morgan fingerprint density at radius 1 is 1.36 bits per heavy atom. The van der Waals surface area contributed by atoms with Crippen molar-refractivity contribution in [1.29, 1.82) is 0 Å². The van der Waals surface area contributed by atoms with Crippen molar-refractivity contribution in [3.05, 3.63) is 37.1 Å². The number of nitrogens with zero attached hydrogens (tertiary/aromatic N) is 4. The van der Waals surface area contributed by atoms with Crippen molar-refractivity contribution >= 4 is 0 Å². The fourth-order valence-electron chi connectivity index (χ4n) is 0.768. The first-order valence-electron chi connectivity index (χ1n) is 3.14. The Kier molecular flexibility index (Phi) is 1.37. The van der Waals surface area contributed by atoms with Gasteiger partial charge in [0.15, 0.2) is 5.82 Å². The van der Waals surface area contributed by atoms with Crippen LogP contribution in [0.5, 0.6) is 0 Å². The Bertz CT molecular complexity index is 313. The molecule has 2 heterocycles. The van der Waals surface area contributed by atoms with Crippen molar-refractivity contribution in [2.45, 2.75) is 0 Å². The van der Waals surface area contributed by atoms with Gasteiger partial charge in [0.05, 0.1) is 12.4 Å². The van der Waals surface area contributed by atoms with E-state index in [1.165, 1.54) is 0 Å². The van der Waals surface area contributed by atoms with Gasteiger partial charge in [-0.1, -0.05) is 0 Å². The maximum absolute atomic E-state index is 4.04. The molecular formula is C7H5N4. The molecule has 0 N–H and O–H groups in total. The smallest absolute Gasteiger partial charge is 0.171 e. The normalized spacial score (nSPS) is 9.82. The number of aromatic nitrogens is 4. The SMILES string of the molecule is [c]1cnn(-c2cnccn2)c1. The fraction of sp³-hybridized carbons (Fsp3) is 0. The first-order chi connectivity index (χ1) is 5.47. The Hall–Kier alpha value is -1.71. The lowest BCUT2D eigenvalue weighted by Crippen LogP contribution is -1.96. The van der Waals surface area contributed by atoms with E-state index in [4.69, 9.17) is 0 Å². The van der Waals surface area contributed by atoms with E-state index >= 15 is 0 Å². The Labute approximate surface area is 63.5 Å². The summed E-state index contributed by atoms with van der Waals surface area (Å²) in [5.41, 5.74) is 0. The molecule has 0 aromatic carbocycles. The molecule has 53 valence electrons. The monoisotopic (exact) mass is 145 g/mol. The predicted molar refractivity (Wildman–Crippen MR) is 38.0 cm³/mol. The van der Waals surface area contributed by atoms with Gasteiger partial charge in [-0.3, -0.25) is 4.98 Å². The third-order valence-electron chi connectivity index (χ3n) is 1.24. The summed E-state index contributed by atoms with van der Waals surface area (Å²) in [4.78, 5) is 7.94. The lowest BCUT2D eigenvalue weighted by Gasteiger charge is -1.95. The highest BCUT2D eigenvalue weighted by atomic mass is 15.3. The van der Waals surface area contributed by atoms with E-state index in [1.54, 1.807) is 35.7 Å². The first-order valence-corrected chi connectivity index (χ1v) is 3.14. The molecule has 0 aliphatic carbocycles. The average Bonchev–Trinajstić information content (AvgIpc) is 2.58. The minimum atomic E-state index is 0.703. The van der Waals surface area contributed by atoms with Crippen molar-refractivity contribution < 1.29 is 0 Å². The maximum atomic E-state index is 4.04. The maximum Gasteiger partial charge on any atom is 0.171 e. The molecule has 11 heavy (non-hydrogen) atoms. The minimum absolute atomic E-state index is 0.703. The lowest BCUT2D eigenvalue weighted by molar-refractivity contribution is 0.838. The fourth-order valence-corrected chi connectivity index (χ4v) is 0.768. The van der Waals surface area contributed by atoms with E-state index in [2.05, 4.69) is 21.1 Å². The summed E-state index contributed by atoms with van der Waals surface area (Å²) in [6.45, 7) is 0. The summed E-state index contributed by atoms with van der Waals surface area (Å²) in [6.07, 6.45) is 8.16. The number of hydrogen-bond acceptors (Lipinski definition) is 3. The van der Waals surface area contributed by atoms with Gasteiger partial charge in [-0.2, -0.15) is 5.10 Å². The zero-order valence-corrected chi connectivity index (χ0v) is 5.68. The molecule has 0 aliphatic rings. The van der Waals surface area contributed by atoms with Gasteiger partial charge in [-0.05, 0) is 0 Å². The molecule has 0 spiro atoms. The summed E-state index contributed by atoms with van der Waals surface area (Å²) in [5.74, 6) is 0.703. The van der Waals surface area contributed by atoms with Crippen LogP contribution in [0.3, 0.4) is 0 Å². The summed E-state index contributed by atoms with van der Waals surface area (Å²) >= 11 is 0. The Morgan fingerprint density at radius 2 is 2.36 bits per heavy atom. The largest absolute Gasteiger partial charge is 0.259 e. The molecule has 0 fully saturated rings. The zero-order valence-electron chi connectivity index (χ0n) is 5.68. The van der Waals surface area contributed by atoms with Gasteiger partial charge >= 0.3 is 0 Å². The van der Waals surface area contributed by atoms with E-state index < -0.39 is 0 Å². The lowest BCUT2D eigenvalue weighted by atomic mass is 10.6. The van der Waals surface area contributed by atoms with Gasteiger partial charge in [0.1, 0.15) is 0 Å². The molecule has 4 heteroatoms. The van der Waals surface area contributed by atoms with E-state index in [9.17, 15) is 0 Å². The molecule has 2 rings (SSSR count). The van der Waals surface area contributed by atoms with Crippen LogP contribution in [0.2, 0.25) is 0 Å². The van der Waals surface area contributed by atoms with Crippen LogP contribution in [0.1, 0.15) is 0 Å². The van der Waals surface area contributed by atoms with Crippen molar-refractivity contribution in [2.75, 3.05) is 0 Å². The van der Waals surface area contributed by atoms with E-state index in [1.807, 2.05) is 0 Å². The van der Waals surface area contributed by atoms with Crippen LogP contribution in [-0.2, 0) is 0 Å². The zero-order chi connectivity index (χ0) is 7.52. The Balaban J connectivity index is 2.46.